The van der Waals surface area contributed by atoms with E-state index in [1.807, 2.05) is 0 Å². The Morgan fingerprint density at radius 3 is 2.23 bits per heavy atom. The number of ether oxygens (including phenoxy) is 5. The van der Waals surface area contributed by atoms with Crippen LogP contribution in [0.15, 0.2) is 24.3 Å². The van der Waals surface area contributed by atoms with Crippen molar-refractivity contribution in [3.05, 3.63) is 29.3 Å². The zero-order valence-corrected chi connectivity index (χ0v) is 20.5. The molecule has 164 valence electrons. The van der Waals surface area contributed by atoms with Crippen molar-refractivity contribution in [3.8, 4) is 5.75 Å². The number of amides is 1. The van der Waals surface area contributed by atoms with Gasteiger partial charge in [-0.05, 0) is 44.5 Å². The van der Waals surface area contributed by atoms with E-state index in [0.717, 1.165) is 0 Å². The maximum Gasteiger partial charge on any atom is 1.00 e. The molecule has 0 unspecified atom stereocenters. The van der Waals surface area contributed by atoms with E-state index in [1.54, 1.807) is 38.1 Å². The molecule has 0 spiro atoms. The summed E-state index contributed by atoms with van der Waals surface area (Å²) in [6.45, 7) is 4.91. The molecule has 30 heavy (non-hydrogen) atoms. The number of alkyl carbamates (subject to hydrolysis) is 1. The van der Waals surface area contributed by atoms with Crippen molar-refractivity contribution >= 4 is 29.6 Å². The zero-order chi connectivity index (χ0) is 21.7. The van der Waals surface area contributed by atoms with E-state index in [2.05, 4.69) is 5.32 Å². The van der Waals surface area contributed by atoms with Gasteiger partial charge in [0.25, 0.3) is 5.79 Å². The van der Waals surface area contributed by atoms with Gasteiger partial charge in [0.15, 0.2) is 0 Å². The van der Waals surface area contributed by atoms with Gasteiger partial charge in [-0.15, -0.1) is 0 Å². The van der Waals surface area contributed by atoms with E-state index in [0.29, 0.717) is 17.2 Å². The van der Waals surface area contributed by atoms with E-state index < -0.39 is 30.6 Å². The van der Waals surface area contributed by atoms with E-state index in [1.165, 1.54) is 6.92 Å². The summed E-state index contributed by atoms with van der Waals surface area (Å²) in [6, 6.07) is 6.39. The molecule has 1 aromatic rings. The summed E-state index contributed by atoms with van der Waals surface area (Å²) in [7, 11) is 0. The maximum absolute atomic E-state index is 12.0. The normalized spacial score (nSPS) is 10.5. The Balaban J connectivity index is 0. The van der Waals surface area contributed by atoms with Crippen LogP contribution in [-0.4, -0.2) is 50.4 Å². The Kier molecular flexibility index (Phi) is 14.7. The van der Waals surface area contributed by atoms with Crippen molar-refractivity contribution in [1.82, 2.24) is 5.32 Å². The number of esters is 2. The molecule has 1 N–H and O–H groups in total. The van der Waals surface area contributed by atoms with Crippen LogP contribution in [0.25, 0.3) is 0 Å². The third-order valence-corrected chi connectivity index (χ3v) is 3.71. The SMILES string of the molecule is CCOC(C)(OCC)C(=O)OCOC(=O)NCCCC(=O)Oc1ccc(Cl)cc1.[H-].[Na+]. The van der Waals surface area contributed by atoms with Crippen LogP contribution in [0.1, 0.15) is 35.0 Å². The zero-order valence-electron chi connectivity index (χ0n) is 18.7. The first-order chi connectivity index (χ1) is 13.8. The number of hydrogen-bond donors (Lipinski definition) is 1. The van der Waals surface area contributed by atoms with Crippen molar-refractivity contribution < 1.29 is 69.1 Å². The molecule has 0 atom stereocenters. The summed E-state index contributed by atoms with van der Waals surface area (Å²) >= 11 is 5.75. The summed E-state index contributed by atoms with van der Waals surface area (Å²) < 4.78 is 25.2. The predicted octanol–water partition coefficient (Wildman–Crippen LogP) is 0.158. The first kappa shape index (κ1) is 28.6. The van der Waals surface area contributed by atoms with E-state index in [4.69, 9.17) is 35.3 Å². The molecule has 1 aromatic carbocycles. The first-order valence-corrected chi connectivity index (χ1v) is 9.50. The number of halogens is 1. The molecule has 1 rings (SSSR count). The van der Waals surface area contributed by atoms with Crippen molar-refractivity contribution in [2.24, 2.45) is 0 Å². The minimum atomic E-state index is -1.56. The van der Waals surface area contributed by atoms with Crippen LogP contribution in [0.4, 0.5) is 4.79 Å². The summed E-state index contributed by atoms with van der Waals surface area (Å²) in [4.78, 5) is 35.3. The fourth-order valence-electron chi connectivity index (χ4n) is 2.14. The van der Waals surface area contributed by atoms with Gasteiger partial charge in [-0.3, -0.25) is 4.79 Å². The quantitative estimate of drug-likeness (QED) is 0.156. The Morgan fingerprint density at radius 2 is 1.67 bits per heavy atom. The van der Waals surface area contributed by atoms with Gasteiger partial charge in [-0.2, -0.15) is 0 Å². The predicted molar refractivity (Wildman–Crippen MR) is 105 cm³/mol. The van der Waals surface area contributed by atoms with Gasteiger partial charge in [0.2, 0.25) is 6.79 Å². The molecule has 11 heteroatoms. The number of hydrogen-bond acceptors (Lipinski definition) is 8. The average molecular weight is 456 g/mol. The number of benzene rings is 1. The van der Waals surface area contributed by atoms with Gasteiger partial charge < -0.3 is 30.4 Å². The molecule has 0 bridgehead atoms. The molecule has 0 radical (unpaired) electrons. The molecule has 0 aliphatic heterocycles. The molecule has 0 saturated heterocycles. The van der Waals surface area contributed by atoms with Crippen molar-refractivity contribution in [2.45, 2.75) is 39.4 Å². The van der Waals surface area contributed by atoms with Gasteiger partial charge in [-0.25, -0.2) is 9.59 Å². The molecule has 0 fully saturated rings. The van der Waals surface area contributed by atoms with E-state index in [9.17, 15) is 14.4 Å². The largest absolute Gasteiger partial charge is 1.00 e. The molecule has 0 aliphatic rings. The average Bonchev–Trinajstić information content (AvgIpc) is 2.67. The van der Waals surface area contributed by atoms with Crippen LogP contribution in [-0.2, 0) is 28.5 Å². The van der Waals surface area contributed by atoms with Gasteiger partial charge in [-0.1, -0.05) is 11.6 Å². The molecule has 0 saturated carbocycles. The Hall–Kier alpha value is -1.36. The van der Waals surface area contributed by atoms with Gasteiger partial charge in [0.1, 0.15) is 5.75 Å². The fourth-order valence-corrected chi connectivity index (χ4v) is 2.26. The van der Waals surface area contributed by atoms with Gasteiger partial charge in [0.05, 0.1) is 0 Å². The topological polar surface area (TPSA) is 109 Å². The Bertz CT molecular complexity index is 671. The third kappa shape index (κ3) is 11.1. The smallest absolute Gasteiger partial charge is 1.00 e. The summed E-state index contributed by atoms with van der Waals surface area (Å²) in [5.41, 5.74) is 0. The van der Waals surface area contributed by atoms with Crippen LogP contribution in [0.3, 0.4) is 0 Å². The maximum atomic E-state index is 12.0. The second-order valence-corrected chi connectivity index (χ2v) is 6.19. The number of nitrogens with one attached hydrogen (secondary N) is 1. The van der Waals surface area contributed by atoms with Crippen molar-refractivity contribution in [2.75, 3.05) is 26.6 Å². The summed E-state index contributed by atoms with van der Waals surface area (Å²) in [5.74, 6) is -2.42. The number of carbonyl (C=O) groups is 3. The standard InChI is InChI=1S/C19H26ClNO8.Na.H/c1-4-27-19(3,28-5-2)17(23)25-13-26-18(24)21-12-6-7-16(22)29-15-10-8-14(20)9-11-15;;/h8-11H,4-7,12-13H2,1-3H3,(H,21,24);;/q;+1;-1. The summed E-state index contributed by atoms with van der Waals surface area (Å²) in [5, 5.41) is 2.97. The molecular formula is C19H27ClNNaO8. The number of rotatable bonds is 12. The van der Waals surface area contributed by atoms with Crippen LogP contribution >= 0.6 is 11.6 Å². The van der Waals surface area contributed by atoms with E-state index >= 15 is 0 Å². The van der Waals surface area contributed by atoms with Crippen molar-refractivity contribution in [1.29, 1.82) is 0 Å². The second-order valence-electron chi connectivity index (χ2n) is 5.75. The van der Waals surface area contributed by atoms with Crippen LogP contribution in [0.5, 0.6) is 5.75 Å². The van der Waals surface area contributed by atoms with E-state index in [-0.39, 0.29) is 57.2 Å². The molecule has 9 nitrogen and oxygen atoms in total. The molecule has 0 aromatic heterocycles. The fraction of sp³-hybridized carbons (Fsp3) is 0.526. The van der Waals surface area contributed by atoms with Crippen LogP contribution in [0.2, 0.25) is 5.02 Å². The molecule has 0 aliphatic carbocycles. The summed E-state index contributed by atoms with van der Waals surface area (Å²) in [6.07, 6.45) is -0.356. The Morgan fingerprint density at radius 1 is 1.07 bits per heavy atom. The minimum absolute atomic E-state index is 0. The molecular weight excluding hydrogens is 429 g/mol. The molecule has 0 heterocycles. The second kappa shape index (κ2) is 15.4. The van der Waals surface area contributed by atoms with Gasteiger partial charge in [0, 0.05) is 38.1 Å². The third-order valence-electron chi connectivity index (χ3n) is 3.46. The van der Waals surface area contributed by atoms with Crippen LogP contribution in [0, 0.1) is 0 Å². The number of carbonyl (C=O) groups excluding carboxylic acids is 3. The minimum Gasteiger partial charge on any atom is -1.00 e. The molecule has 1 amide bonds. The van der Waals surface area contributed by atoms with Crippen molar-refractivity contribution in [3.63, 3.8) is 0 Å². The van der Waals surface area contributed by atoms with Crippen LogP contribution < -0.4 is 39.6 Å². The van der Waals surface area contributed by atoms with Gasteiger partial charge >= 0.3 is 47.6 Å². The monoisotopic (exact) mass is 455 g/mol. The Labute approximate surface area is 204 Å². The first-order valence-electron chi connectivity index (χ1n) is 9.12.